The Morgan fingerprint density at radius 2 is 2.00 bits per heavy atom. The van der Waals surface area contributed by atoms with Gasteiger partial charge in [-0.3, -0.25) is 0 Å². The van der Waals surface area contributed by atoms with Crippen LogP contribution in [0.5, 0.6) is 0 Å². The van der Waals surface area contributed by atoms with Gasteiger partial charge in [-0.05, 0) is 13.8 Å². The normalized spacial score (nSPS) is 8.80. The highest BCUT2D eigenvalue weighted by Gasteiger charge is 2.08. The lowest BCUT2D eigenvalue weighted by molar-refractivity contribution is -0.136. The molecule has 0 aromatic carbocycles. The average Bonchev–Trinajstić information content (AvgIpc) is 1.88. The molecule has 2 nitrogen and oxygen atoms in total. The third-order valence-corrected chi connectivity index (χ3v) is 1.44. The van der Waals surface area contributed by atoms with Crippen LogP contribution in [0.3, 0.4) is 0 Å². The van der Waals surface area contributed by atoms with Gasteiger partial charge in [-0.1, -0.05) is 5.57 Å². The number of ether oxygens (including phenoxy) is 1. The van der Waals surface area contributed by atoms with Gasteiger partial charge in [0.25, 0.3) is 0 Å². The highest BCUT2D eigenvalue weighted by Crippen LogP contribution is 2.06. The third kappa shape index (κ3) is 2.40. The molecule has 58 valence electrons. The molecule has 0 aliphatic rings. The molecule has 0 heterocycles. The zero-order valence-electron chi connectivity index (χ0n) is 6.40. The van der Waals surface area contributed by atoms with Gasteiger partial charge in [0.05, 0.1) is 18.6 Å². The quantitative estimate of drug-likeness (QED) is 0.351. The summed E-state index contributed by atoms with van der Waals surface area (Å²) in [4.78, 5) is 10.8. The number of carbonyl (C=O) groups is 1. The Hall–Kier alpha value is -0.500. The van der Waals surface area contributed by atoms with Crippen LogP contribution in [0.15, 0.2) is 11.1 Å². The second-order valence-electron chi connectivity index (χ2n) is 2.10. The van der Waals surface area contributed by atoms with Crippen molar-refractivity contribution in [2.24, 2.45) is 0 Å². The molecule has 0 bridgehead atoms. The van der Waals surface area contributed by atoms with Gasteiger partial charge in [0.15, 0.2) is 0 Å². The molecular weight excluding hydrogens is 152 g/mol. The summed E-state index contributed by atoms with van der Waals surface area (Å²) in [7, 11) is 1.35. The maximum atomic E-state index is 10.8. The predicted octanol–water partition coefficient (Wildman–Crippen LogP) is 1.73. The van der Waals surface area contributed by atoms with Crippen LogP contribution in [0.25, 0.3) is 0 Å². The average molecular weight is 163 g/mol. The number of hydrogen-bond donors (Lipinski definition) is 0. The van der Waals surface area contributed by atoms with Crippen molar-refractivity contribution >= 4 is 17.6 Å². The molecule has 0 rings (SSSR count). The summed E-state index contributed by atoms with van der Waals surface area (Å²) < 4.78 is 4.48. The van der Waals surface area contributed by atoms with E-state index in [0.717, 1.165) is 5.57 Å². The van der Waals surface area contributed by atoms with Crippen molar-refractivity contribution < 1.29 is 9.53 Å². The number of rotatable bonds is 2. The van der Waals surface area contributed by atoms with Crippen molar-refractivity contribution in [2.75, 3.05) is 13.0 Å². The van der Waals surface area contributed by atoms with Gasteiger partial charge < -0.3 is 4.74 Å². The molecule has 0 aliphatic carbocycles. The summed E-state index contributed by atoms with van der Waals surface area (Å²) in [5.41, 5.74) is 1.45. The number of methoxy groups -OCH3 is 1. The van der Waals surface area contributed by atoms with Crippen LogP contribution in [-0.2, 0) is 9.53 Å². The number of halogens is 1. The first kappa shape index (κ1) is 9.50. The topological polar surface area (TPSA) is 26.3 Å². The van der Waals surface area contributed by atoms with Crippen molar-refractivity contribution in [1.29, 1.82) is 0 Å². The molecule has 0 aromatic rings. The fourth-order valence-electron chi connectivity index (χ4n) is 0.516. The second kappa shape index (κ2) is 4.34. The fourth-order valence-corrected chi connectivity index (χ4v) is 0.892. The molecule has 0 unspecified atom stereocenters. The second-order valence-corrected chi connectivity index (χ2v) is 2.37. The summed E-state index contributed by atoms with van der Waals surface area (Å²) in [6.07, 6.45) is 0. The largest absolute Gasteiger partial charge is 0.466 e. The third-order valence-electron chi connectivity index (χ3n) is 1.17. The Morgan fingerprint density at radius 3 is 2.10 bits per heavy atom. The van der Waals surface area contributed by atoms with E-state index in [1.165, 1.54) is 7.11 Å². The van der Waals surface area contributed by atoms with Crippen LogP contribution in [0.2, 0.25) is 0 Å². The first-order valence-corrected chi connectivity index (χ1v) is 3.47. The van der Waals surface area contributed by atoms with Gasteiger partial charge >= 0.3 is 5.97 Å². The molecule has 0 atom stereocenters. The number of carbonyl (C=O) groups excluding carboxylic acids is 1. The summed E-state index contributed by atoms with van der Waals surface area (Å²) in [6, 6.07) is 0. The highest BCUT2D eigenvalue weighted by molar-refractivity contribution is 6.22. The van der Waals surface area contributed by atoms with Gasteiger partial charge in [0.2, 0.25) is 0 Å². The first-order valence-electron chi connectivity index (χ1n) is 2.94. The van der Waals surface area contributed by atoms with Crippen LogP contribution in [0.1, 0.15) is 13.8 Å². The minimum atomic E-state index is -0.338. The van der Waals surface area contributed by atoms with E-state index in [4.69, 9.17) is 11.6 Å². The van der Waals surface area contributed by atoms with E-state index >= 15 is 0 Å². The maximum Gasteiger partial charge on any atom is 0.334 e. The standard InChI is InChI=1S/C7H11ClO2/c1-5(2)6(4-8)7(9)10-3/h4H2,1-3H3. The molecule has 0 saturated heterocycles. The van der Waals surface area contributed by atoms with Crippen LogP contribution in [-0.4, -0.2) is 19.0 Å². The van der Waals surface area contributed by atoms with E-state index in [-0.39, 0.29) is 11.8 Å². The van der Waals surface area contributed by atoms with E-state index < -0.39 is 0 Å². The zero-order chi connectivity index (χ0) is 8.15. The van der Waals surface area contributed by atoms with Gasteiger partial charge in [-0.2, -0.15) is 0 Å². The predicted molar refractivity (Wildman–Crippen MR) is 41.1 cm³/mol. The van der Waals surface area contributed by atoms with Gasteiger partial charge in [0.1, 0.15) is 0 Å². The van der Waals surface area contributed by atoms with Crippen LogP contribution in [0, 0.1) is 0 Å². The molecule has 10 heavy (non-hydrogen) atoms. The number of esters is 1. The molecule has 0 aromatic heterocycles. The lowest BCUT2D eigenvalue weighted by atomic mass is 10.2. The Morgan fingerprint density at radius 1 is 1.50 bits per heavy atom. The van der Waals surface area contributed by atoms with E-state index in [1.807, 2.05) is 13.8 Å². The molecule has 3 heteroatoms. The van der Waals surface area contributed by atoms with Crippen LogP contribution in [0.4, 0.5) is 0 Å². The van der Waals surface area contributed by atoms with Gasteiger partial charge in [-0.15, -0.1) is 11.6 Å². The summed E-state index contributed by atoms with van der Waals surface area (Å²) >= 11 is 5.48. The van der Waals surface area contributed by atoms with Gasteiger partial charge in [0, 0.05) is 0 Å². The molecule has 0 amide bonds. The van der Waals surface area contributed by atoms with Crippen LogP contribution >= 0.6 is 11.6 Å². The smallest absolute Gasteiger partial charge is 0.334 e. The fraction of sp³-hybridized carbons (Fsp3) is 0.571. The lowest BCUT2D eigenvalue weighted by Gasteiger charge is -2.01. The molecule has 0 aliphatic heterocycles. The molecule has 0 N–H and O–H groups in total. The minimum absolute atomic E-state index is 0.217. The monoisotopic (exact) mass is 162 g/mol. The summed E-state index contributed by atoms with van der Waals surface area (Å²) in [6.45, 7) is 3.66. The Balaban J connectivity index is 4.37. The van der Waals surface area contributed by atoms with Crippen LogP contribution < -0.4 is 0 Å². The zero-order valence-corrected chi connectivity index (χ0v) is 7.16. The molecule has 0 saturated carbocycles. The Kier molecular flexibility index (Phi) is 4.12. The van der Waals surface area contributed by atoms with E-state index in [2.05, 4.69) is 4.74 Å². The molecule has 0 radical (unpaired) electrons. The van der Waals surface area contributed by atoms with E-state index in [9.17, 15) is 4.79 Å². The summed E-state index contributed by atoms with van der Waals surface area (Å²) in [5.74, 6) is -0.121. The van der Waals surface area contributed by atoms with Gasteiger partial charge in [-0.25, -0.2) is 4.79 Å². The molecule has 0 spiro atoms. The minimum Gasteiger partial charge on any atom is -0.466 e. The van der Waals surface area contributed by atoms with Crippen molar-refractivity contribution in [3.05, 3.63) is 11.1 Å². The number of alkyl halides is 1. The van der Waals surface area contributed by atoms with Crippen molar-refractivity contribution in [3.63, 3.8) is 0 Å². The van der Waals surface area contributed by atoms with E-state index in [1.54, 1.807) is 0 Å². The maximum absolute atomic E-state index is 10.8. The Labute approximate surface area is 65.8 Å². The Bertz CT molecular complexity index is 157. The number of allylic oxidation sites excluding steroid dienone is 1. The van der Waals surface area contributed by atoms with E-state index in [0.29, 0.717) is 5.57 Å². The molecule has 0 fully saturated rings. The lowest BCUT2D eigenvalue weighted by Crippen LogP contribution is -2.07. The van der Waals surface area contributed by atoms with Crippen molar-refractivity contribution in [3.8, 4) is 0 Å². The SMILES string of the molecule is COC(=O)C(CCl)=C(C)C. The molecular formula is C7H11ClO2. The summed E-state index contributed by atoms with van der Waals surface area (Å²) in [5, 5.41) is 0. The first-order chi connectivity index (χ1) is 4.63. The number of hydrogen-bond acceptors (Lipinski definition) is 2. The van der Waals surface area contributed by atoms with Crippen molar-refractivity contribution in [1.82, 2.24) is 0 Å². The van der Waals surface area contributed by atoms with Crippen molar-refractivity contribution in [2.45, 2.75) is 13.8 Å². The highest BCUT2D eigenvalue weighted by atomic mass is 35.5.